The minimum Gasteiger partial charge on any atom is -0.490 e. The number of hydrogen-bond acceptors (Lipinski definition) is 6. The van der Waals surface area contributed by atoms with Gasteiger partial charge in [0.2, 0.25) is 0 Å². The molecule has 4 rings (SSSR count). The van der Waals surface area contributed by atoms with Crippen molar-refractivity contribution in [2.75, 3.05) is 12.0 Å². The van der Waals surface area contributed by atoms with Gasteiger partial charge in [-0.25, -0.2) is 0 Å². The van der Waals surface area contributed by atoms with Gasteiger partial charge in [-0.05, 0) is 48.4 Å². The molecule has 34 heavy (non-hydrogen) atoms. The van der Waals surface area contributed by atoms with Crippen LogP contribution in [0.15, 0.2) is 60.7 Å². The van der Waals surface area contributed by atoms with Gasteiger partial charge in [0.25, 0.3) is 5.91 Å². The molecule has 0 fully saturated rings. The molecule has 1 aliphatic rings. The van der Waals surface area contributed by atoms with Gasteiger partial charge in [-0.1, -0.05) is 35.9 Å². The number of Topliss-reactive ketones (excluding diaryl/α,β-unsaturated/α-hetero) is 1. The Balaban J connectivity index is 1.72. The molecule has 0 radical (unpaired) electrons. The molecule has 174 valence electrons. The molecule has 1 atom stereocenters. The Morgan fingerprint density at radius 3 is 2.59 bits per heavy atom. The molecule has 1 amide bonds. The van der Waals surface area contributed by atoms with Crippen molar-refractivity contribution in [2.45, 2.75) is 25.5 Å². The van der Waals surface area contributed by atoms with E-state index in [4.69, 9.17) is 16.3 Å². The molecular formula is C25H21ClN2O6. The Labute approximate surface area is 200 Å². The van der Waals surface area contributed by atoms with Crippen molar-refractivity contribution in [3.63, 3.8) is 0 Å². The molecule has 1 heterocycles. The number of fused-ring (bicyclic) bond motifs is 1. The second-order valence-corrected chi connectivity index (χ2v) is 8.52. The third-order valence-corrected chi connectivity index (χ3v) is 6.23. The molecule has 9 heteroatoms. The zero-order valence-electron chi connectivity index (χ0n) is 18.4. The number of aryl methyl sites for hydroxylation is 1. The third-order valence-electron chi connectivity index (χ3n) is 6.00. The van der Waals surface area contributed by atoms with Crippen LogP contribution in [0.5, 0.6) is 5.75 Å². The Morgan fingerprint density at radius 1 is 1.18 bits per heavy atom. The summed E-state index contributed by atoms with van der Waals surface area (Å²) in [6, 6.07) is 16.0. The molecule has 0 aromatic heterocycles. The molecule has 0 bridgehead atoms. The lowest BCUT2D eigenvalue weighted by atomic mass is 9.88. The number of anilines is 1. The summed E-state index contributed by atoms with van der Waals surface area (Å²) in [5.41, 5.74) is -0.0451. The lowest BCUT2D eigenvalue weighted by Gasteiger charge is -2.23. The minimum atomic E-state index is -2.17. The summed E-state index contributed by atoms with van der Waals surface area (Å²) < 4.78 is 4.97. The molecule has 1 aliphatic heterocycles. The number of ether oxygens (including phenoxy) is 1. The number of rotatable bonds is 7. The van der Waals surface area contributed by atoms with Crippen LogP contribution in [0.25, 0.3) is 0 Å². The van der Waals surface area contributed by atoms with E-state index in [9.17, 15) is 24.8 Å². The summed E-state index contributed by atoms with van der Waals surface area (Å²) in [6.45, 7) is 2.12. The fourth-order valence-electron chi connectivity index (χ4n) is 4.15. The number of halogens is 1. The molecule has 0 saturated carbocycles. The molecular weight excluding hydrogens is 460 g/mol. The van der Waals surface area contributed by atoms with Crippen molar-refractivity contribution < 1.29 is 24.4 Å². The van der Waals surface area contributed by atoms with Crippen LogP contribution in [-0.2, 0) is 16.9 Å². The number of nitro groups is 1. The molecule has 0 saturated heterocycles. The lowest BCUT2D eigenvalue weighted by molar-refractivity contribution is -0.385. The van der Waals surface area contributed by atoms with Crippen molar-refractivity contribution in [1.29, 1.82) is 0 Å². The van der Waals surface area contributed by atoms with Crippen LogP contribution in [-0.4, -0.2) is 28.8 Å². The van der Waals surface area contributed by atoms with Crippen LogP contribution >= 0.6 is 11.6 Å². The number of amides is 1. The van der Waals surface area contributed by atoms with Gasteiger partial charge < -0.3 is 14.7 Å². The van der Waals surface area contributed by atoms with E-state index >= 15 is 0 Å². The highest BCUT2D eigenvalue weighted by atomic mass is 35.5. The molecule has 1 N–H and O–H groups in total. The van der Waals surface area contributed by atoms with E-state index in [2.05, 4.69) is 0 Å². The smallest absolute Gasteiger partial charge is 0.311 e. The second kappa shape index (κ2) is 8.89. The fourth-order valence-corrected chi connectivity index (χ4v) is 4.32. The average Bonchev–Trinajstić information content (AvgIpc) is 3.01. The van der Waals surface area contributed by atoms with Crippen LogP contribution < -0.4 is 9.64 Å². The number of aliphatic hydroxyl groups is 1. The first-order valence-electron chi connectivity index (χ1n) is 10.4. The highest BCUT2D eigenvalue weighted by molar-refractivity contribution is 6.31. The van der Waals surface area contributed by atoms with Gasteiger partial charge in [0, 0.05) is 22.2 Å². The van der Waals surface area contributed by atoms with E-state index in [1.165, 1.54) is 30.2 Å². The van der Waals surface area contributed by atoms with Crippen LogP contribution in [0.3, 0.4) is 0 Å². The monoisotopic (exact) mass is 480 g/mol. The second-order valence-electron chi connectivity index (χ2n) is 8.08. The standard InChI is InChI=1S/C25H21ClN2O6/c1-15-5-3-4-6-17(15)14-27-20-9-8-18(26)12-19(20)25(31,24(27)30)13-22(29)16-7-10-23(34-2)21(11-16)28(32)33/h3-12,31H,13-14H2,1-2H3/t25-/m1/s1. The fraction of sp³-hybridized carbons (Fsp3) is 0.200. The van der Waals surface area contributed by atoms with Crippen LogP contribution in [0.2, 0.25) is 5.02 Å². The molecule has 3 aromatic rings. The number of carbonyl (C=O) groups excluding carboxylic acids is 2. The number of ketones is 1. The first kappa shape index (κ1) is 23.4. The Morgan fingerprint density at radius 2 is 1.91 bits per heavy atom. The van der Waals surface area contributed by atoms with Gasteiger partial charge in [0.05, 0.1) is 30.7 Å². The van der Waals surface area contributed by atoms with E-state index < -0.39 is 28.6 Å². The topological polar surface area (TPSA) is 110 Å². The average molecular weight is 481 g/mol. The predicted octanol–water partition coefficient (Wildman–Crippen LogP) is 4.57. The first-order chi connectivity index (χ1) is 16.2. The zero-order chi connectivity index (χ0) is 24.6. The van der Waals surface area contributed by atoms with Crippen molar-refractivity contribution in [2.24, 2.45) is 0 Å². The maximum atomic E-state index is 13.5. The molecule has 3 aromatic carbocycles. The van der Waals surface area contributed by atoms with Gasteiger partial charge in [-0.3, -0.25) is 19.7 Å². The number of nitrogens with zero attached hydrogens (tertiary/aromatic N) is 2. The number of methoxy groups -OCH3 is 1. The summed E-state index contributed by atoms with van der Waals surface area (Å²) in [5.74, 6) is -1.30. The highest BCUT2D eigenvalue weighted by Gasteiger charge is 2.51. The van der Waals surface area contributed by atoms with Crippen molar-refractivity contribution in [3.05, 3.63) is 98.1 Å². The number of hydrogen-bond donors (Lipinski definition) is 1. The SMILES string of the molecule is COc1ccc(C(=O)C[C@]2(O)C(=O)N(Cc3ccccc3C)c3ccc(Cl)cc32)cc1[N+](=O)[O-]. The van der Waals surface area contributed by atoms with Gasteiger partial charge in [0.15, 0.2) is 17.1 Å². The van der Waals surface area contributed by atoms with Gasteiger partial charge in [-0.15, -0.1) is 0 Å². The maximum Gasteiger partial charge on any atom is 0.311 e. The molecule has 8 nitrogen and oxygen atoms in total. The normalized spacial score (nSPS) is 16.9. The van der Waals surface area contributed by atoms with Gasteiger partial charge in [0.1, 0.15) is 0 Å². The quantitative estimate of drug-likeness (QED) is 0.301. The van der Waals surface area contributed by atoms with Gasteiger partial charge in [-0.2, -0.15) is 0 Å². The number of nitro benzene ring substituents is 1. The lowest BCUT2D eigenvalue weighted by Crippen LogP contribution is -2.41. The van der Waals surface area contributed by atoms with E-state index in [1.807, 2.05) is 31.2 Å². The zero-order valence-corrected chi connectivity index (χ0v) is 19.2. The third kappa shape index (κ3) is 4.02. The summed E-state index contributed by atoms with van der Waals surface area (Å²) >= 11 is 6.16. The largest absolute Gasteiger partial charge is 0.490 e. The van der Waals surface area contributed by atoms with E-state index in [0.717, 1.165) is 17.2 Å². The van der Waals surface area contributed by atoms with E-state index in [-0.39, 0.29) is 29.1 Å². The predicted molar refractivity (Wildman–Crippen MR) is 126 cm³/mol. The van der Waals surface area contributed by atoms with Gasteiger partial charge >= 0.3 is 5.69 Å². The number of benzene rings is 3. The van der Waals surface area contributed by atoms with E-state index in [0.29, 0.717) is 10.7 Å². The highest BCUT2D eigenvalue weighted by Crippen LogP contribution is 2.45. The van der Waals surface area contributed by atoms with Crippen LogP contribution in [0, 0.1) is 17.0 Å². The summed E-state index contributed by atoms with van der Waals surface area (Å²) in [4.78, 5) is 38.7. The summed E-state index contributed by atoms with van der Waals surface area (Å²) in [6.07, 6.45) is -0.604. The van der Waals surface area contributed by atoms with E-state index in [1.54, 1.807) is 12.1 Å². The Hall–Kier alpha value is -3.75. The van der Waals surface area contributed by atoms with Crippen molar-refractivity contribution >= 4 is 34.7 Å². The molecule has 0 aliphatic carbocycles. The molecule has 0 spiro atoms. The maximum absolute atomic E-state index is 13.5. The summed E-state index contributed by atoms with van der Waals surface area (Å²) in [5, 5.41) is 23.2. The Kier molecular flexibility index (Phi) is 6.12. The molecule has 0 unspecified atom stereocenters. The summed E-state index contributed by atoms with van der Waals surface area (Å²) in [7, 11) is 1.29. The van der Waals surface area contributed by atoms with Crippen LogP contribution in [0.1, 0.15) is 33.5 Å². The number of carbonyl (C=O) groups is 2. The first-order valence-corrected chi connectivity index (χ1v) is 10.8. The van der Waals surface area contributed by atoms with Crippen molar-refractivity contribution in [1.82, 2.24) is 0 Å². The minimum absolute atomic E-state index is 0.00117. The van der Waals surface area contributed by atoms with Crippen LogP contribution in [0.4, 0.5) is 11.4 Å². The van der Waals surface area contributed by atoms with Crippen molar-refractivity contribution in [3.8, 4) is 5.75 Å². The Bertz CT molecular complexity index is 1320.